The predicted octanol–water partition coefficient (Wildman–Crippen LogP) is 2.34. The van der Waals surface area contributed by atoms with E-state index in [1.807, 2.05) is 18.9 Å². The van der Waals surface area contributed by atoms with E-state index in [1.54, 1.807) is 44.3 Å². The molecule has 2 heterocycles. The Morgan fingerprint density at radius 1 is 1.20 bits per heavy atom. The minimum absolute atomic E-state index is 0.0393. The lowest BCUT2D eigenvalue weighted by Gasteiger charge is -2.21. The molecular formula is C22H31N8O4P. The van der Waals surface area contributed by atoms with Gasteiger partial charge in [-0.15, -0.1) is 0 Å². The SMILES string of the molecule is CCC(C)OP(=O)(O)CC(C)NC(=O)c1ccc(N(C)Cc2cnc3nc(N)nc(N)c3n2)cc1. The molecule has 0 bridgehead atoms. The maximum atomic E-state index is 12.6. The van der Waals surface area contributed by atoms with Crippen molar-refractivity contribution < 1.29 is 18.8 Å². The van der Waals surface area contributed by atoms with Crippen molar-refractivity contribution in [2.45, 2.75) is 45.9 Å². The van der Waals surface area contributed by atoms with E-state index in [9.17, 15) is 14.3 Å². The highest BCUT2D eigenvalue weighted by Crippen LogP contribution is 2.44. The van der Waals surface area contributed by atoms with Gasteiger partial charge in [-0.3, -0.25) is 9.36 Å². The second kappa shape index (κ2) is 10.9. The van der Waals surface area contributed by atoms with Crippen LogP contribution >= 0.6 is 7.60 Å². The molecule has 0 aliphatic rings. The monoisotopic (exact) mass is 502 g/mol. The maximum Gasteiger partial charge on any atom is 0.330 e. The highest BCUT2D eigenvalue weighted by atomic mass is 31.2. The first-order valence-electron chi connectivity index (χ1n) is 11.1. The number of hydrogen-bond donors (Lipinski definition) is 4. The summed E-state index contributed by atoms with van der Waals surface area (Å²) in [6.45, 7) is 5.70. The molecular weight excluding hydrogens is 471 g/mol. The Kier molecular flexibility index (Phi) is 8.21. The van der Waals surface area contributed by atoms with Crippen molar-refractivity contribution in [1.82, 2.24) is 25.3 Å². The smallest absolute Gasteiger partial charge is 0.330 e. The van der Waals surface area contributed by atoms with Gasteiger partial charge in [-0.25, -0.2) is 9.97 Å². The van der Waals surface area contributed by atoms with E-state index in [1.165, 1.54) is 0 Å². The van der Waals surface area contributed by atoms with Crippen LogP contribution in [0, 0.1) is 0 Å². The molecule has 0 aliphatic heterocycles. The average Bonchev–Trinajstić information content (AvgIpc) is 2.78. The number of nitrogens with one attached hydrogen (secondary N) is 1. The molecule has 3 rings (SSSR count). The van der Waals surface area contributed by atoms with Crippen molar-refractivity contribution in [3.8, 4) is 0 Å². The highest BCUT2D eigenvalue weighted by molar-refractivity contribution is 7.52. The average molecular weight is 503 g/mol. The Bertz CT molecular complexity index is 1240. The molecule has 12 nitrogen and oxygen atoms in total. The molecule has 2 aromatic heterocycles. The summed E-state index contributed by atoms with van der Waals surface area (Å²) in [6.07, 6.45) is 1.72. The zero-order valence-electron chi connectivity index (χ0n) is 20.2. The van der Waals surface area contributed by atoms with Crippen molar-refractivity contribution in [2.75, 3.05) is 29.6 Å². The molecule has 0 saturated carbocycles. The minimum atomic E-state index is -3.80. The van der Waals surface area contributed by atoms with Crippen molar-refractivity contribution in [3.05, 3.63) is 41.7 Å². The van der Waals surface area contributed by atoms with Crippen molar-refractivity contribution in [3.63, 3.8) is 0 Å². The zero-order chi connectivity index (χ0) is 25.8. The summed E-state index contributed by atoms with van der Waals surface area (Å²) < 4.78 is 17.4. The number of anilines is 3. The van der Waals surface area contributed by atoms with E-state index in [0.29, 0.717) is 35.4 Å². The second-order valence-electron chi connectivity index (χ2n) is 8.42. The van der Waals surface area contributed by atoms with Crippen LogP contribution < -0.4 is 21.7 Å². The largest absolute Gasteiger partial charge is 0.382 e. The number of rotatable bonds is 10. The molecule has 0 spiro atoms. The summed E-state index contributed by atoms with van der Waals surface area (Å²) in [7, 11) is -1.92. The van der Waals surface area contributed by atoms with E-state index in [-0.39, 0.29) is 29.9 Å². The number of fused-ring (bicyclic) bond motifs is 1. The van der Waals surface area contributed by atoms with Gasteiger partial charge in [0.2, 0.25) is 5.95 Å². The Labute approximate surface area is 203 Å². The summed E-state index contributed by atoms with van der Waals surface area (Å²) in [4.78, 5) is 41.2. The number of carbonyl (C=O) groups excluding carboxylic acids is 1. The fourth-order valence-corrected chi connectivity index (χ4v) is 4.94. The van der Waals surface area contributed by atoms with Crippen LogP contribution in [0.3, 0.4) is 0 Å². The Morgan fingerprint density at radius 2 is 1.89 bits per heavy atom. The molecule has 188 valence electrons. The summed E-state index contributed by atoms with van der Waals surface area (Å²) in [5.74, 6) is -0.138. The van der Waals surface area contributed by atoms with Gasteiger partial charge >= 0.3 is 7.60 Å². The molecule has 3 unspecified atom stereocenters. The third kappa shape index (κ3) is 7.08. The number of amides is 1. The van der Waals surface area contributed by atoms with Crippen LogP contribution in [0.4, 0.5) is 17.5 Å². The fourth-order valence-electron chi connectivity index (χ4n) is 3.36. The number of nitrogen functional groups attached to an aromatic ring is 2. The molecule has 0 radical (unpaired) electrons. The van der Waals surface area contributed by atoms with Crippen LogP contribution in [0.15, 0.2) is 30.5 Å². The Morgan fingerprint density at radius 3 is 2.54 bits per heavy atom. The van der Waals surface area contributed by atoms with E-state index in [0.717, 1.165) is 5.69 Å². The lowest BCUT2D eigenvalue weighted by Crippen LogP contribution is -2.35. The lowest BCUT2D eigenvalue weighted by atomic mass is 10.1. The van der Waals surface area contributed by atoms with Gasteiger partial charge in [0.25, 0.3) is 5.91 Å². The molecule has 3 atom stereocenters. The van der Waals surface area contributed by atoms with Gasteiger partial charge in [0.1, 0.15) is 0 Å². The standard InChI is InChI=1S/C22H31N8O4P/c1-5-14(3)34-35(32,33)12-13(2)26-21(31)15-6-8-17(9-7-15)30(4)11-16-10-25-20-18(27-16)19(23)28-22(24)29-20/h6-10,13-14H,5,11-12H2,1-4H3,(H,26,31)(H,32,33)(H4,23,24,25,28,29). The number of nitrogens with two attached hydrogens (primary N) is 2. The first-order chi connectivity index (χ1) is 16.5. The van der Waals surface area contributed by atoms with Gasteiger partial charge in [0.15, 0.2) is 17.0 Å². The number of nitrogens with zero attached hydrogens (tertiary/aromatic N) is 5. The number of hydrogen-bond acceptors (Lipinski definition) is 10. The summed E-state index contributed by atoms with van der Waals surface area (Å²) in [5, 5.41) is 2.74. The maximum absolute atomic E-state index is 12.6. The predicted molar refractivity (Wildman–Crippen MR) is 135 cm³/mol. The Balaban J connectivity index is 1.61. The molecule has 0 fully saturated rings. The third-order valence-corrected chi connectivity index (χ3v) is 6.97. The van der Waals surface area contributed by atoms with Crippen molar-refractivity contribution >= 4 is 42.1 Å². The van der Waals surface area contributed by atoms with Crippen molar-refractivity contribution in [2.24, 2.45) is 0 Å². The summed E-state index contributed by atoms with van der Waals surface area (Å²) in [5.41, 5.74) is 14.1. The molecule has 13 heteroatoms. The molecule has 6 N–H and O–H groups in total. The van der Waals surface area contributed by atoms with Crippen LogP contribution in [0.1, 0.15) is 43.2 Å². The van der Waals surface area contributed by atoms with E-state index < -0.39 is 13.6 Å². The van der Waals surface area contributed by atoms with Gasteiger partial charge in [-0.1, -0.05) is 6.92 Å². The number of aromatic nitrogens is 4. The molecule has 1 amide bonds. The van der Waals surface area contributed by atoms with Crippen LogP contribution in [-0.2, 0) is 15.6 Å². The van der Waals surface area contributed by atoms with Crippen LogP contribution in [0.5, 0.6) is 0 Å². The van der Waals surface area contributed by atoms with Gasteiger partial charge in [-0.05, 0) is 44.5 Å². The number of benzene rings is 1. The van der Waals surface area contributed by atoms with Crippen LogP contribution in [0.25, 0.3) is 11.2 Å². The second-order valence-corrected chi connectivity index (χ2v) is 10.3. The van der Waals surface area contributed by atoms with E-state index in [2.05, 4.69) is 25.3 Å². The fraction of sp³-hybridized carbons (Fsp3) is 0.409. The summed E-state index contributed by atoms with van der Waals surface area (Å²) >= 11 is 0. The normalized spacial score (nSPS) is 14.8. The quantitative estimate of drug-likeness (QED) is 0.298. The topological polar surface area (TPSA) is 182 Å². The Hall–Kier alpha value is -3.34. The molecule has 1 aromatic carbocycles. The molecule has 0 aliphatic carbocycles. The van der Waals surface area contributed by atoms with Crippen LogP contribution in [-0.4, -0.2) is 56.1 Å². The van der Waals surface area contributed by atoms with Gasteiger partial charge in [0, 0.05) is 24.3 Å². The number of carbonyl (C=O) groups is 1. The van der Waals surface area contributed by atoms with Gasteiger partial charge < -0.3 is 31.1 Å². The lowest BCUT2D eigenvalue weighted by molar-refractivity contribution is 0.0942. The first kappa shape index (κ1) is 26.3. The summed E-state index contributed by atoms with van der Waals surface area (Å²) in [6, 6.07) is 6.43. The first-order valence-corrected chi connectivity index (χ1v) is 12.9. The molecule has 3 aromatic rings. The minimum Gasteiger partial charge on any atom is -0.382 e. The van der Waals surface area contributed by atoms with E-state index in [4.69, 9.17) is 16.0 Å². The molecule has 0 saturated heterocycles. The molecule has 35 heavy (non-hydrogen) atoms. The third-order valence-electron chi connectivity index (χ3n) is 5.27. The van der Waals surface area contributed by atoms with E-state index >= 15 is 0 Å². The highest BCUT2D eigenvalue weighted by Gasteiger charge is 2.26. The van der Waals surface area contributed by atoms with Gasteiger partial charge in [-0.2, -0.15) is 9.97 Å². The van der Waals surface area contributed by atoms with Crippen molar-refractivity contribution in [1.29, 1.82) is 0 Å². The van der Waals surface area contributed by atoms with Gasteiger partial charge in [0.05, 0.1) is 30.7 Å². The zero-order valence-corrected chi connectivity index (χ0v) is 21.1. The van der Waals surface area contributed by atoms with Crippen LogP contribution in [0.2, 0.25) is 0 Å².